The molecule has 3 aromatic carbocycles. The number of carbonyl (C=O) groups is 3. The Bertz CT molecular complexity index is 3980. The number of hydrogen-bond acceptors (Lipinski definition) is 23. The zero-order chi connectivity index (χ0) is 66.0. The Morgan fingerprint density at radius 1 is 0.489 bits per heavy atom. The number of rotatable bonds is 14. The topological polar surface area (TPSA) is 290 Å². The summed E-state index contributed by atoms with van der Waals surface area (Å²) in [6.07, 6.45) is -13.9. The number of hydrogen-bond donors (Lipinski definition) is 3. The Balaban J connectivity index is 0.000000187. The van der Waals surface area contributed by atoms with E-state index in [9.17, 15) is 67.1 Å². The summed E-state index contributed by atoms with van der Waals surface area (Å²) < 4.78 is 196. The molecule has 6 aromatic heterocycles. The minimum absolute atomic E-state index is 0.0561. The lowest BCUT2D eigenvalue weighted by molar-refractivity contribution is -0.287. The van der Waals surface area contributed by atoms with E-state index in [-0.39, 0.29) is 63.1 Å². The van der Waals surface area contributed by atoms with Crippen molar-refractivity contribution in [2.45, 2.75) is 84.3 Å². The van der Waals surface area contributed by atoms with Crippen molar-refractivity contribution in [2.24, 2.45) is 0 Å². The fraction of sp³-hybridized carbons (Fsp3) is 0.308. The van der Waals surface area contributed by atoms with Crippen molar-refractivity contribution >= 4 is 52.7 Å². The Hall–Kier alpha value is -10.7. The molecule has 0 saturated carbocycles. The first kappa shape index (κ1) is 66.8. The second kappa shape index (κ2) is 27.5. The molecule has 2 aliphatic heterocycles. The number of halogens is 12. The highest BCUT2D eigenvalue weighted by Crippen LogP contribution is 2.44. The second-order valence-electron chi connectivity index (χ2n) is 17.2. The number of esters is 3. The number of nitrogens with one attached hydrogen (secondary N) is 3. The molecule has 0 bridgehead atoms. The van der Waals surface area contributed by atoms with E-state index < -0.39 is 79.0 Å². The van der Waals surface area contributed by atoms with E-state index in [1.165, 1.54) is 66.5 Å². The molecule has 0 spiro atoms. The van der Waals surface area contributed by atoms with Crippen LogP contribution in [-0.4, -0.2) is 117 Å². The summed E-state index contributed by atoms with van der Waals surface area (Å²) in [5, 5.41) is 19.8. The monoisotopic (exact) mass is 1290 g/mol. The van der Waals surface area contributed by atoms with E-state index in [4.69, 9.17) is 4.74 Å². The Morgan fingerprint density at radius 3 is 1.18 bits per heavy atom. The molecule has 11 rings (SSSR count). The van der Waals surface area contributed by atoms with Crippen molar-refractivity contribution in [2.75, 3.05) is 37.3 Å². The molecule has 0 aliphatic carbocycles. The third-order valence-corrected chi connectivity index (χ3v) is 11.6. The van der Waals surface area contributed by atoms with Crippen LogP contribution in [0.25, 0.3) is 17.3 Å². The molecule has 0 radical (unpaired) electrons. The predicted octanol–water partition coefficient (Wildman–Crippen LogP) is 9.99. The molecule has 3 unspecified atom stereocenters. The summed E-state index contributed by atoms with van der Waals surface area (Å²) in [5.41, 5.74) is -1.27. The normalized spacial score (nSPS) is 14.2. The number of carbonyl (C=O) groups excluding carboxylic acids is 3. The third-order valence-electron chi connectivity index (χ3n) is 11.6. The molecule has 26 nitrogen and oxygen atoms in total. The van der Waals surface area contributed by atoms with Gasteiger partial charge in [0.25, 0.3) is 17.3 Å². The van der Waals surface area contributed by atoms with Gasteiger partial charge in [0.15, 0.2) is 52.5 Å². The van der Waals surface area contributed by atoms with E-state index in [0.29, 0.717) is 35.0 Å². The van der Waals surface area contributed by atoms with Crippen molar-refractivity contribution in [3.8, 4) is 28.7 Å². The number of aryl methyl sites for hydroxylation is 1. The number of aromatic nitrogens is 12. The van der Waals surface area contributed by atoms with Gasteiger partial charge in [-0.25, -0.2) is 29.3 Å². The molecule has 3 atom stereocenters. The largest absolute Gasteiger partial charge is 0.586 e. The average molecular weight is 1290 g/mol. The van der Waals surface area contributed by atoms with Gasteiger partial charge in [-0.1, -0.05) is 52.0 Å². The summed E-state index contributed by atoms with van der Waals surface area (Å²) in [4.78, 5) is 59.1. The van der Waals surface area contributed by atoms with Gasteiger partial charge in [-0.3, -0.25) is 0 Å². The third kappa shape index (κ3) is 15.7. The summed E-state index contributed by atoms with van der Waals surface area (Å²) in [6.45, 7) is 6.73. The van der Waals surface area contributed by atoms with Crippen molar-refractivity contribution in [1.29, 1.82) is 0 Å². The lowest BCUT2D eigenvalue weighted by Crippen LogP contribution is -2.26. The van der Waals surface area contributed by atoms with E-state index >= 15 is 0 Å². The quantitative estimate of drug-likeness (QED) is 0.0518. The summed E-state index contributed by atoms with van der Waals surface area (Å²) in [6, 6.07) is 11.7. The molecule has 0 amide bonds. The minimum Gasteiger partial charge on any atom is -0.467 e. The van der Waals surface area contributed by atoms with Crippen LogP contribution in [0.1, 0.15) is 79.6 Å². The summed E-state index contributed by atoms with van der Waals surface area (Å²) >= 11 is 0. The first-order valence-corrected chi connectivity index (χ1v) is 25.7. The van der Waals surface area contributed by atoms with Crippen LogP contribution in [-0.2, 0) is 40.9 Å². The van der Waals surface area contributed by atoms with Crippen LogP contribution in [0, 0.1) is 6.92 Å². The molecule has 2 aliphatic rings. The van der Waals surface area contributed by atoms with Crippen molar-refractivity contribution < 1.29 is 105 Å². The molecule has 480 valence electrons. The van der Waals surface area contributed by atoms with Gasteiger partial charge in [-0.2, -0.15) is 78.9 Å². The average Bonchev–Trinajstić information content (AvgIpc) is 1.89. The smallest absolute Gasteiger partial charge is 0.467 e. The molecule has 9 aromatic rings. The maximum Gasteiger partial charge on any atom is 0.586 e. The summed E-state index contributed by atoms with van der Waals surface area (Å²) in [5.74, 6) is -3.95. The number of benzene rings is 3. The van der Waals surface area contributed by atoms with Gasteiger partial charge in [0, 0.05) is 23.9 Å². The van der Waals surface area contributed by atoms with Crippen molar-refractivity contribution in [1.82, 2.24) is 58.7 Å². The Kier molecular flexibility index (Phi) is 20.4. The standard InChI is InChI=1S/C16H10F5N5O4.C16H12F5N5O3.C16H13F2N5O4.2C2H6/c1-28-13(27)12(7-2-3-8-9(4-7)30-16(20,21)29-8)25-11-5-10(15(17,18)19)24-14-22-6-23-26(11)14;1-28-13(27)12(8-2-4-9(5-3-8)29-14(17)18)25-11-6-10(16(19,20)21)24-15-22-7-23-26(11)15;1-8-5-12(23-15(21-8)19-7-20-23)22-13(14(24)25-2)9-3-4-10-11(6-9)27-16(17,18)26-10;2*1-2/h2-6,12,25H,1H3;2-7,12,14,25H,1H3;3-7,13,22H,1-2H3;2*1-2H3. The molecule has 38 heteroatoms. The molecular formula is C52H47F12N15O11. The fourth-order valence-electron chi connectivity index (χ4n) is 7.92. The molecular weight excluding hydrogens is 1240 g/mol. The van der Waals surface area contributed by atoms with Crippen molar-refractivity contribution in [3.05, 3.63) is 132 Å². The minimum atomic E-state index is -4.80. The lowest BCUT2D eigenvalue weighted by Gasteiger charge is -2.19. The van der Waals surface area contributed by atoms with Crippen LogP contribution in [0.5, 0.6) is 28.7 Å². The highest BCUT2D eigenvalue weighted by atomic mass is 19.4. The van der Waals surface area contributed by atoms with E-state index in [1.807, 2.05) is 27.7 Å². The van der Waals surface area contributed by atoms with Crippen LogP contribution in [0.3, 0.4) is 0 Å². The zero-order valence-corrected chi connectivity index (χ0v) is 47.4. The number of ether oxygens (including phenoxy) is 8. The van der Waals surface area contributed by atoms with Gasteiger partial charge in [0.2, 0.25) is 0 Å². The van der Waals surface area contributed by atoms with Crippen LogP contribution in [0.4, 0.5) is 70.1 Å². The summed E-state index contributed by atoms with van der Waals surface area (Å²) in [7, 11) is 3.36. The van der Waals surface area contributed by atoms with Crippen LogP contribution < -0.4 is 39.6 Å². The Labute approximate surface area is 497 Å². The van der Waals surface area contributed by atoms with Crippen LogP contribution >= 0.6 is 0 Å². The van der Waals surface area contributed by atoms with Crippen LogP contribution in [0.2, 0.25) is 0 Å². The molecule has 0 fully saturated rings. The lowest BCUT2D eigenvalue weighted by atomic mass is 10.1. The molecule has 90 heavy (non-hydrogen) atoms. The van der Waals surface area contributed by atoms with Gasteiger partial charge in [0.1, 0.15) is 42.2 Å². The molecule has 0 saturated heterocycles. The van der Waals surface area contributed by atoms with Gasteiger partial charge in [0.05, 0.1) is 21.3 Å². The van der Waals surface area contributed by atoms with Crippen LogP contribution in [0.15, 0.2) is 97.8 Å². The highest BCUT2D eigenvalue weighted by Gasteiger charge is 2.45. The molecule has 8 heterocycles. The number of anilines is 3. The van der Waals surface area contributed by atoms with Gasteiger partial charge < -0.3 is 53.8 Å². The highest BCUT2D eigenvalue weighted by molar-refractivity contribution is 5.83. The number of nitrogens with zero attached hydrogens (tertiary/aromatic N) is 12. The predicted molar refractivity (Wildman–Crippen MR) is 283 cm³/mol. The number of alkyl halides is 12. The van der Waals surface area contributed by atoms with Gasteiger partial charge in [-0.15, -0.1) is 17.6 Å². The van der Waals surface area contributed by atoms with E-state index in [0.717, 1.165) is 48.0 Å². The first-order valence-electron chi connectivity index (χ1n) is 25.7. The molecule has 3 N–H and O–H groups in total. The van der Waals surface area contributed by atoms with Crippen molar-refractivity contribution in [3.63, 3.8) is 0 Å². The maximum atomic E-state index is 13.3. The second-order valence-corrected chi connectivity index (χ2v) is 17.2. The fourth-order valence-corrected chi connectivity index (χ4v) is 7.92. The number of methoxy groups -OCH3 is 3. The zero-order valence-electron chi connectivity index (χ0n) is 47.4. The van der Waals surface area contributed by atoms with Gasteiger partial charge >= 0.3 is 49.5 Å². The maximum absolute atomic E-state index is 13.3. The van der Waals surface area contributed by atoms with E-state index in [2.05, 4.69) is 94.3 Å². The van der Waals surface area contributed by atoms with E-state index in [1.54, 1.807) is 13.0 Å². The Morgan fingerprint density at radius 2 is 0.822 bits per heavy atom. The SMILES string of the molecule is CC.CC.COC(=O)C(Nc1cc(C(F)(F)F)nc2ncnn12)c1ccc(OC(F)F)cc1.COC(=O)C(Nc1cc(C(F)(F)F)nc2ncnn12)c1ccc2c(c1)OC(F)(F)O2.COC(=O)C(Nc1cc(C)nc2ncnn12)c1ccc2c(c1)OC(F)(F)O2. The first-order chi connectivity index (χ1) is 42.6. The van der Waals surface area contributed by atoms with Gasteiger partial charge in [-0.05, 0) is 60.0 Å². The number of fused-ring (bicyclic) bond motifs is 5.